The third kappa shape index (κ3) is 4.19. The number of carbonyl (C=O) groups is 1. The Morgan fingerprint density at radius 1 is 1.00 bits per heavy atom. The normalized spacial score (nSPS) is 10.8. The highest BCUT2D eigenvalue weighted by Crippen LogP contribution is 2.29. The lowest BCUT2D eigenvalue weighted by atomic mass is 10.0. The maximum Gasteiger partial charge on any atom is 0.490 e. The number of hydrogen-bond acceptors (Lipinski definition) is 4. The average Bonchev–Trinajstić information content (AvgIpc) is 2.55. The number of rotatable bonds is 1. The van der Waals surface area contributed by atoms with Crippen LogP contribution in [0.5, 0.6) is 5.75 Å². The van der Waals surface area contributed by atoms with Gasteiger partial charge in [-0.2, -0.15) is 13.2 Å². The number of aliphatic carboxylic acids is 1. The number of aromatic nitrogens is 2. The summed E-state index contributed by atoms with van der Waals surface area (Å²) in [6.45, 7) is 0. The minimum absolute atomic E-state index is 0.204. The Labute approximate surface area is 134 Å². The summed E-state index contributed by atoms with van der Waals surface area (Å²) in [6, 6.07) is 11.4. The first-order valence-corrected chi connectivity index (χ1v) is 6.57. The van der Waals surface area contributed by atoms with Crippen molar-refractivity contribution in [2.45, 2.75) is 6.18 Å². The van der Waals surface area contributed by atoms with Crippen molar-refractivity contribution < 1.29 is 28.2 Å². The van der Waals surface area contributed by atoms with E-state index in [1.807, 2.05) is 30.3 Å². The van der Waals surface area contributed by atoms with Gasteiger partial charge in [-0.05, 0) is 41.5 Å². The van der Waals surface area contributed by atoms with Crippen LogP contribution in [0.25, 0.3) is 22.0 Å². The van der Waals surface area contributed by atoms with Crippen molar-refractivity contribution in [2.75, 3.05) is 0 Å². The van der Waals surface area contributed by atoms with Crippen molar-refractivity contribution in [3.8, 4) is 16.9 Å². The van der Waals surface area contributed by atoms with Gasteiger partial charge in [0.15, 0.2) is 0 Å². The molecule has 2 N–H and O–H groups in total. The summed E-state index contributed by atoms with van der Waals surface area (Å²) < 4.78 is 31.7. The number of aromatic hydroxyl groups is 1. The maximum absolute atomic E-state index is 10.6. The molecule has 0 amide bonds. The zero-order valence-electron chi connectivity index (χ0n) is 12.0. The molecule has 124 valence electrons. The van der Waals surface area contributed by atoms with E-state index in [-0.39, 0.29) is 5.75 Å². The van der Waals surface area contributed by atoms with E-state index in [9.17, 15) is 18.3 Å². The van der Waals surface area contributed by atoms with Crippen LogP contribution >= 0.6 is 0 Å². The minimum atomic E-state index is -5.08. The van der Waals surface area contributed by atoms with Gasteiger partial charge in [0, 0.05) is 24.0 Å². The zero-order chi connectivity index (χ0) is 17.7. The first kappa shape index (κ1) is 17.2. The van der Waals surface area contributed by atoms with Crippen LogP contribution in [0.1, 0.15) is 0 Å². The van der Waals surface area contributed by atoms with E-state index in [1.54, 1.807) is 24.7 Å². The quantitative estimate of drug-likeness (QED) is 0.709. The molecule has 1 aromatic carbocycles. The van der Waals surface area contributed by atoms with Gasteiger partial charge in [0.1, 0.15) is 11.3 Å². The topological polar surface area (TPSA) is 83.3 Å². The number of phenols is 1. The molecular formula is C16H11F3N2O3. The summed E-state index contributed by atoms with van der Waals surface area (Å²) in [7, 11) is 0. The lowest BCUT2D eigenvalue weighted by Gasteiger charge is -2.05. The van der Waals surface area contributed by atoms with Gasteiger partial charge in [0.05, 0.1) is 0 Å². The number of halogens is 3. The molecule has 0 unspecified atom stereocenters. The molecule has 0 spiro atoms. The predicted molar refractivity (Wildman–Crippen MR) is 80.3 cm³/mol. The first-order chi connectivity index (χ1) is 11.3. The average molecular weight is 336 g/mol. The Kier molecular flexibility index (Phi) is 4.98. The molecule has 0 saturated heterocycles. The number of carboxylic acids is 1. The molecule has 0 atom stereocenters. The van der Waals surface area contributed by atoms with Gasteiger partial charge in [-0.25, -0.2) is 4.79 Å². The second-order valence-electron chi connectivity index (χ2n) is 4.61. The highest BCUT2D eigenvalue weighted by molar-refractivity contribution is 5.89. The van der Waals surface area contributed by atoms with Crippen molar-refractivity contribution in [1.29, 1.82) is 0 Å². The van der Waals surface area contributed by atoms with E-state index in [0.717, 1.165) is 16.5 Å². The van der Waals surface area contributed by atoms with Crippen molar-refractivity contribution in [3.63, 3.8) is 0 Å². The number of benzene rings is 1. The molecule has 0 aliphatic rings. The Balaban J connectivity index is 0.000000256. The van der Waals surface area contributed by atoms with Crippen LogP contribution in [0.3, 0.4) is 0 Å². The second kappa shape index (κ2) is 6.95. The standard InChI is InChI=1S/C14H10N2O.C2HF3O2/c17-13-9-12(10-3-6-15-7-4-10)8-11-2-1-5-16-14(11)13;3-2(4,5)1(6)7/h1-9,17H;(H,6,7). The SMILES string of the molecule is O=C(O)C(F)(F)F.Oc1cc(-c2ccncc2)cc2cccnc12. The molecule has 0 bridgehead atoms. The smallest absolute Gasteiger partial charge is 0.490 e. The lowest BCUT2D eigenvalue weighted by Crippen LogP contribution is -2.21. The Morgan fingerprint density at radius 2 is 1.62 bits per heavy atom. The van der Waals surface area contributed by atoms with Crippen LogP contribution in [0.15, 0.2) is 55.0 Å². The van der Waals surface area contributed by atoms with Crippen molar-refractivity contribution in [1.82, 2.24) is 9.97 Å². The number of hydrogen-bond donors (Lipinski definition) is 2. The highest BCUT2D eigenvalue weighted by atomic mass is 19.4. The molecule has 0 saturated carbocycles. The molecule has 2 aromatic heterocycles. The largest absolute Gasteiger partial charge is 0.506 e. The summed E-state index contributed by atoms with van der Waals surface area (Å²) in [5.74, 6) is -2.55. The van der Waals surface area contributed by atoms with Crippen LogP contribution in [-0.2, 0) is 4.79 Å². The molecule has 24 heavy (non-hydrogen) atoms. The fourth-order valence-electron chi connectivity index (χ4n) is 1.88. The predicted octanol–water partition coefficient (Wildman–Crippen LogP) is 3.64. The van der Waals surface area contributed by atoms with Crippen LogP contribution in [0, 0.1) is 0 Å². The van der Waals surface area contributed by atoms with Gasteiger partial charge >= 0.3 is 12.1 Å². The summed E-state index contributed by atoms with van der Waals surface area (Å²) in [5, 5.41) is 18.0. The molecule has 8 heteroatoms. The Hall–Kier alpha value is -3.16. The molecule has 2 heterocycles. The third-order valence-corrected chi connectivity index (χ3v) is 2.94. The van der Waals surface area contributed by atoms with E-state index < -0.39 is 12.1 Å². The molecule has 3 rings (SSSR count). The zero-order valence-corrected chi connectivity index (χ0v) is 12.0. The number of nitrogens with zero attached hydrogens (tertiary/aromatic N) is 2. The highest BCUT2D eigenvalue weighted by Gasteiger charge is 2.38. The van der Waals surface area contributed by atoms with E-state index in [1.165, 1.54) is 0 Å². The summed E-state index contributed by atoms with van der Waals surface area (Å²) in [5.41, 5.74) is 2.62. The van der Waals surface area contributed by atoms with Crippen molar-refractivity contribution in [3.05, 3.63) is 55.0 Å². The number of phenolic OH excluding ortho intramolecular Hbond substituents is 1. The van der Waals surface area contributed by atoms with Gasteiger partial charge in [-0.3, -0.25) is 9.97 Å². The molecule has 0 aliphatic heterocycles. The van der Waals surface area contributed by atoms with Crippen molar-refractivity contribution in [2.24, 2.45) is 0 Å². The van der Waals surface area contributed by atoms with Gasteiger partial charge in [-0.15, -0.1) is 0 Å². The molecule has 3 aromatic rings. The molecule has 5 nitrogen and oxygen atoms in total. The van der Waals surface area contributed by atoms with E-state index in [2.05, 4.69) is 9.97 Å². The van der Waals surface area contributed by atoms with Crippen LogP contribution in [-0.4, -0.2) is 32.3 Å². The van der Waals surface area contributed by atoms with Crippen LogP contribution < -0.4 is 0 Å². The molecular weight excluding hydrogens is 325 g/mol. The van der Waals surface area contributed by atoms with E-state index in [4.69, 9.17) is 9.90 Å². The van der Waals surface area contributed by atoms with Crippen LogP contribution in [0.4, 0.5) is 13.2 Å². The monoisotopic (exact) mass is 336 g/mol. The van der Waals surface area contributed by atoms with E-state index in [0.29, 0.717) is 5.52 Å². The molecule has 0 aliphatic carbocycles. The van der Waals surface area contributed by atoms with Gasteiger partial charge in [-0.1, -0.05) is 6.07 Å². The Bertz CT molecular complexity index is 852. The van der Waals surface area contributed by atoms with Gasteiger partial charge in [0.2, 0.25) is 0 Å². The third-order valence-electron chi connectivity index (χ3n) is 2.94. The van der Waals surface area contributed by atoms with Gasteiger partial charge in [0.25, 0.3) is 0 Å². The summed E-state index contributed by atoms with van der Waals surface area (Å²) in [6.07, 6.45) is 0.0633. The minimum Gasteiger partial charge on any atom is -0.506 e. The van der Waals surface area contributed by atoms with Crippen molar-refractivity contribution >= 4 is 16.9 Å². The molecule has 0 radical (unpaired) electrons. The summed E-state index contributed by atoms with van der Waals surface area (Å²) >= 11 is 0. The fourth-order valence-corrected chi connectivity index (χ4v) is 1.88. The number of carboxylic acid groups (broad SMARTS) is 1. The van der Waals surface area contributed by atoms with E-state index >= 15 is 0 Å². The first-order valence-electron chi connectivity index (χ1n) is 6.57. The lowest BCUT2D eigenvalue weighted by molar-refractivity contribution is -0.192. The number of fused-ring (bicyclic) bond motifs is 1. The fraction of sp³-hybridized carbons (Fsp3) is 0.0625. The summed E-state index contributed by atoms with van der Waals surface area (Å²) in [4.78, 5) is 17.0. The van der Waals surface area contributed by atoms with Gasteiger partial charge < -0.3 is 10.2 Å². The number of pyridine rings is 2. The number of alkyl halides is 3. The van der Waals surface area contributed by atoms with Crippen LogP contribution in [0.2, 0.25) is 0 Å². The molecule has 0 fully saturated rings. The maximum atomic E-state index is 10.6. The second-order valence-corrected chi connectivity index (χ2v) is 4.61. The Morgan fingerprint density at radius 3 is 2.21 bits per heavy atom.